The largest absolute Gasteiger partial charge is 0.493 e. The van der Waals surface area contributed by atoms with Gasteiger partial charge in [-0.3, -0.25) is 0 Å². The van der Waals surface area contributed by atoms with Crippen molar-refractivity contribution < 1.29 is 9.47 Å². The molecule has 124 valence electrons. The Balaban J connectivity index is 1.81. The van der Waals surface area contributed by atoms with Crippen molar-refractivity contribution in [1.29, 1.82) is 0 Å². The summed E-state index contributed by atoms with van der Waals surface area (Å²) in [5, 5.41) is 3.73. The van der Waals surface area contributed by atoms with E-state index in [2.05, 4.69) is 36.2 Å². The highest BCUT2D eigenvalue weighted by molar-refractivity contribution is 5.42. The summed E-state index contributed by atoms with van der Waals surface area (Å²) in [7, 11) is 3.35. The number of nitrogens with zero attached hydrogens (tertiary/aromatic N) is 1. The fraction of sp³-hybridized carbons (Fsp3) is 0.667. The van der Waals surface area contributed by atoms with Gasteiger partial charge >= 0.3 is 0 Å². The number of rotatable bonds is 7. The molecule has 1 heterocycles. The first kappa shape index (κ1) is 17.1. The Morgan fingerprint density at radius 2 is 2.00 bits per heavy atom. The molecule has 1 fully saturated rings. The fourth-order valence-electron chi connectivity index (χ4n) is 3.26. The molecule has 0 saturated carbocycles. The molecule has 4 heteroatoms. The molecular weight excluding hydrogens is 276 g/mol. The van der Waals surface area contributed by atoms with E-state index in [1.54, 1.807) is 14.2 Å². The third kappa shape index (κ3) is 4.37. The van der Waals surface area contributed by atoms with Crippen molar-refractivity contribution in [2.45, 2.75) is 32.7 Å². The third-order valence-electron chi connectivity index (χ3n) is 4.70. The zero-order chi connectivity index (χ0) is 15.9. The summed E-state index contributed by atoms with van der Waals surface area (Å²) in [5.74, 6) is 2.32. The van der Waals surface area contributed by atoms with Crippen LogP contribution in [-0.2, 0) is 6.42 Å². The highest BCUT2D eigenvalue weighted by Crippen LogP contribution is 2.27. The molecule has 0 aromatic heterocycles. The van der Waals surface area contributed by atoms with Crippen LogP contribution in [0.3, 0.4) is 0 Å². The highest BCUT2D eigenvalue weighted by atomic mass is 16.5. The molecule has 1 saturated heterocycles. The van der Waals surface area contributed by atoms with Gasteiger partial charge in [0.05, 0.1) is 14.2 Å². The van der Waals surface area contributed by atoms with Gasteiger partial charge in [0, 0.05) is 12.6 Å². The van der Waals surface area contributed by atoms with Gasteiger partial charge in [-0.05, 0) is 56.1 Å². The molecule has 1 aliphatic rings. The number of hydrogen-bond donors (Lipinski definition) is 1. The van der Waals surface area contributed by atoms with E-state index in [9.17, 15) is 0 Å². The lowest BCUT2D eigenvalue weighted by Crippen LogP contribution is -2.48. The first-order chi connectivity index (χ1) is 10.7. The number of piperidine rings is 1. The number of likely N-dealkylation sites (tertiary alicyclic amines) is 1. The Morgan fingerprint density at radius 1 is 1.23 bits per heavy atom. The zero-order valence-electron chi connectivity index (χ0n) is 14.4. The topological polar surface area (TPSA) is 33.7 Å². The molecule has 0 unspecified atom stereocenters. The van der Waals surface area contributed by atoms with Gasteiger partial charge in [-0.2, -0.15) is 0 Å². The standard InChI is InChI=1S/C18H30N2O2/c1-5-20-11-9-16(14(2)13-20)19-10-8-15-6-7-17(21-3)18(12-15)22-4/h6-7,12,14,16,19H,5,8-11,13H2,1-4H3/t14-,16-/m1/s1. The lowest BCUT2D eigenvalue weighted by molar-refractivity contribution is 0.154. The average Bonchev–Trinajstić information content (AvgIpc) is 2.56. The minimum Gasteiger partial charge on any atom is -0.493 e. The second kappa shape index (κ2) is 8.39. The predicted molar refractivity (Wildman–Crippen MR) is 90.9 cm³/mol. The summed E-state index contributed by atoms with van der Waals surface area (Å²) in [6, 6.07) is 6.81. The summed E-state index contributed by atoms with van der Waals surface area (Å²) in [6.07, 6.45) is 2.27. The van der Waals surface area contributed by atoms with Crippen LogP contribution in [-0.4, -0.2) is 51.3 Å². The van der Waals surface area contributed by atoms with Crippen LogP contribution in [0.4, 0.5) is 0 Å². The van der Waals surface area contributed by atoms with Crippen LogP contribution in [0.1, 0.15) is 25.8 Å². The van der Waals surface area contributed by atoms with Gasteiger partial charge in [-0.15, -0.1) is 0 Å². The Morgan fingerprint density at radius 3 is 2.64 bits per heavy atom. The first-order valence-corrected chi connectivity index (χ1v) is 8.34. The van der Waals surface area contributed by atoms with Gasteiger partial charge in [-0.1, -0.05) is 19.9 Å². The minimum atomic E-state index is 0.642. The van der Waals surface area contributed by atoms with E-state index in [0.29, 0.717) is 6.04 Å². The van der Waals surface area contributed by atoms with E-state index in [0.717, 1.165) is 30.4 Å². The van der Waals surface area contributed by atoms with E-state index in [4.69, 9.17) is 9.47 Å². The van der Waals surface area contributed by atoms with E-state index < -0.39 is 0 Å². The summed E-state index contributed by atoms with van der Waals surface area (Å²) in [5.41, 5.74) is 1.28. The van der Waals surface area contributed by atoms with Crippen molar-refractivity contribution in [2.75, 3.05) is 40.4 Å². The van der Waals surface area contributed by atoms with E-state index >= 15 is 0 Å². The summed E-state index contributed by atoms with van der Waals surface area (Å²) in [6.45, 7) is 9.21. The molecule has 0 aliphatic carbocycles. The lowest BCUT2D eigenvalue weighted by atomic mass is 9.93. The van der Waals surface area contributed by atoms with Gasteiger partial charge in [0.2, 0.25) is 0 Å². The van der Waals surface area contributed by atoms with Crippen LogP contribution < -0.4 is 14.8 Å². The van der Waals surface area contributed by atoms with Crippen LogP contribution in [0.2, 0.25) is 0 Å². The Kier molecular flexibility index (Phi) is 6.52. The number of hydrogen-bond acceptors (Lipinski definition) is 4. The van der Waals surface area contributed by atoms with E-state index in [-0.39, 0.29) is 0 Å². The third-order valence-corrected chi connectivity index (χ3v) is 4.70. The monoisotopic (exact) mass is 306 g/mol. The summed E-state index contributed by atoms with van der Waals surface area (Å²) >= 11 is 0. The van der Waals surface area contributed by atoms with Crippen LogP contribution in [0, 0.1) is 5.92 Å². The van der Waals surface area contributed by atoms with E-state index in [1.807, 2.05) is 6.07 Å². The summed E-state index contributed by atoms with van der Waals surface area (Å²) < 4.78 is 10.6. The van der Waals surface area contributed by atoms with Crippen molar-refractivity contribution in [1.82, 2.24) is 10.2 Å². The zero-order valence-corrected chi connectivity index (χ0v) is 14.4. The fourth-order valence-corrected chi connectivity index (χ4v) is 3.26. The van der Waals surface area contributed by atoms with Crippen LogP contribution >= 0.6 is 0 Å². The molecule has 0 amide bonds. The maximum Gasteiger partial charge on any atom is 0.160 e. The molecule has 1 aromatic rings. The van der Waals surface area contributed by atoms with Gasteiger partial charge in [-0.25, -0.2) is 0 Å². The smallest absolute Gasteiger partial charge is 0.160 e. The van der Waals surface area contributed by atoms with Crippen LogP contribution in [0.15, 0.2) is 18.2 Å². The van der Waals surface area contributed by atoms with Crippen molar-refractivity contribution in [2.24, 2.45) is 5.92 Å². The molecular formula is C18H30N2O2. The SMILES string of the molecule is CCN1CC[C@@H](NCCc2ccc(OC)c(OC)c2)[C@H](C)C1. The molecule has 1 N–H and O–H groups in total. The molecule has 0 bridgehead atoms. The molecule has 4 nitrogen and oxygen atoms in total. The van der Waals surface area contributed by atoms with Gasteiger partial charge in [0.1, 0.15) is 0 Å². The molecule has 2 rings (SSSR count). The molecule has 1 aliphatic heterocycles. The maximum absolute atomic E-state index is 5.36. The van der Waals surface area contributed by atoms with Crippen molar-refractivity contribution >= 4 is 0 Å². The normalized spacial score (nSPS) is 22.5. The van der Waals surface area contributed by atoms with Gasteiger partial charge in [0.25, 0.3) is 0 Å². The minimum absolute atomic E-state index is 0.642. The molecule has 22 heavy (non-hydrogen) atoms. The molecule has 0 radical (unpaired) electrons. The second-order valence-corrected chi connectivity index (χ2v) is 6.16. The Labute approximate surface area is 134 Å². The van der Waals surface area contributed by atoms with Crippen molar-refractivity contribution in [3.05, 3.63) is 23.8 Å². The van der Waals surface area contributed by atoms with Gasteiger partial charge < -0.3 is 19.7 Å². The molecule has 1 aromatic carbocycles. The van der Waals surface area contributed by atoms with Crippen LogP contribution in [0.5, 0.6) is 11.5 Å². The van der Waals surface area contributed by atoms with Crippen LogP contribution in [0.25, 0.3) is 0 Å². The quantitative estimate of drug-likeness (QED) is 0.839. The number of ether oxygens (including phenoxy) is 2. The van der Waals surface area contributed by atoms with Gasteiger partial charge in [0.15, 0.2) is 11.5 Å². The Hall–Kier alpha value is -1.26. The maximum atomic E-state index is 5.36. The predicted octanol–water partition coefficient (Wildman–Crippen LogP) is 2.57. The first-order valence-electron chi connectivity index (χ1n) is 8.34. The lowest BCUT2D eigenvalue weighted by Gasteiger charge is -2.37. The average molecular weight is 306 g/mol. The van der Waals surface area contributed by atoms with Crippen molar-refractivity contribution in [3.8, 4) is 11.5 Å². The molecule has 2 atom stereocenters. The number of nitrogens with one attached hydrogen (secondary N) is 1. The highest BCUT2D eigenvalue weighted by Gasteiger charge is 2.24. The number of benzene rings is 1. The van der Waals surface area contributed by atoms with E-state index in [1.165, 1.54) is 31.6 Å². The Bertz CT molecular complexity index is 464. The second-order valence-electron chi connectivity index (χ2n) is 6.16. The number of methoxy groups -OCH3 is 2. The summed E-state index contributed by atoms with van der Waals surface area (Å²) in [4.78, 5) is 2.54. The van der Waals surface area contributed by atoms with Crippen molar-refractivity contribution in [3.63, 3.8) is 0 Å². The molecule has 0 spiro atoms.